The number of alkyl carbamates (subject to hydrolysis) is 1. The van der Waals surface area contributed by atoms with Crippen LogP contribution in [0.1, 0.15) is 68.5 Å². The van der Waals surface area contributed by atoms with Crippen LogP contribution in [0.5, 0.6) is 0 Å². The van der Waals surface area contributed by atoms with E-state index >= 15 is 0 Å². The zero-order valence-corrected chi connectivity index (χ0v) is 25.4. The summed E-state index contributed by atoms with van der Waals surface area (Å²) in [6.07, 6.45) is -0.455. The number of hydrogen-bond donors (Lipinski definition) is 2. The first kappa shape index (κ1) is 31.4. The third kappa shape index (κ3) is 8.68. The van der Waals surface area contributed by atoms with Gasteiger partial charge in [-0.1, -0.05) is 78.4 Å². The Balaban J connectivity index is 2.08. The van der Waals surface area contributed by atoms with Gasteiger partial charge in [-0.3, -0.25) is 9.59 Å². The number of amides is 3. The van der Waals surface area contributed by atoms with Crippen LogP contribution in [-0.4, -0.2) is 40.5 Å². The number of hydrogen-bond acceptors (Lipinski definition) is 4. The van der Waals surface area contributed by atoms with Gasteiger partial charge in [0.25, 0.3) is 5.91 Å². The van der Waals surface area contributed by atoms with E-state index in [4.69, 9.17) is 4.74 Å². The fraction of sp³-hybridized carbons (Fsp3) is 0.382. The summed E-state index contributed by atoms with van der Waals surface area (Å²) in [5.41, 5.74) is 4.37. The Morgan fingerprint density at radius 2 is 1.46 bits per heavy atom. The molecular formula is C34H43N3O4. The maximum atomic E-state index is 14.5. The number of carbonyl (C=O) groups excluding carboxylic acids is 3. The van der Waals surface area contributed by atoms with Crippen LogP contribution in [0.15, 0.2) is 72.8 Å². The van der Waals surface area contributed by atoms with Crippen molar-refractivity contribution in [2.24, 2.45) is 0 Å². The van der Waals surface area contributed by atoms with E-state index in [-0.39, 0.29) is 24.3 Å². The highest BCUT2D eigenvalue weighted by atomic mass is 16.6. The molecule has 3 aromatic carbocycles. The summed E-state index contributed by atoms with van der Waals surface area (Å²) in [5, 5.41) is 5.90. The Labute approximate surface area is 244 Å². The number of para-hydroxylation sites is 1. The lowest BCUT2D eigenvalue weighted by Crippen LogP contribution is -2.55. The van der Waals surface area contributed by atoms with Gasteiger partial charge in [-0.25, -0.2) is 4.79 Å². The van der Waals surface area contributed by atoms with Gasteiger partial charge >= 0.3 is 6.09 Å². The van der Waals surface area contributed by atoms with E-state index in [2.05, 4.69) is 10.6 Å². The molecule has 0 aromatic heterocycles. The minimum Gasteiger partial charge on any atom is -0.444 e. The summed E-state index contributed by atoms with van der Waals surface area (Å²) in [5.74, 6) is -0.705. The third-order valence-electron chi connectivity index (χ3n) is 6.70. The zero-order chi connectivity index (χ0) is 30.3. The summed E-state index contributed by atoms with van der Waals surface area (Å²) < 4.78 is 5.51. The molecule has 0 fully saturated rings. The van der Waals surface area contributed by atoms with E-state index in [0.29, 0.717) is 5.56 Å². The molecule has 0 saturated heterocycles. The molecule has 2 atom stereocenters. The maximum Gasteiger partial charge on any atom is 0.408 e. The van der Waals surface area contributed by atoms with Crippen LogP contribution in [0.2, 0.25) is 0 Å². The van der Waals surface area contributed by atoms with Crippen LogP contribution >= 0.6 is 0 Å². The van der Waals surface area contributed by atoms with Crippen LogP contribution in [0.25, 0.3) is 0 Å². The number of aryl methyl sites for hydroxylation is 3. The fourth-order valence-corrected chi connectivity index (χ4v) is 4.84. The molecule has 0 heterocycles. The predicted molar refractivity (Wildman–Crippen MR) is 164 cm³/mol. The lowest BCUT2D eigenvalue weighted by molar-refractivity contribution is -0.142. The Bertz CT molecular complexity index is 1340. The Hall–Kier alpha value is -4.13. The molecule has 0 bridgehead atoms. The molecule has 7 heteroatoms. The summed E-state index contributed by atoms with van der Waals surface area (Å²) in [6.45, 7) is 14.9. The van der Waals surface area contributed by atoms with Gasteiger partial charge in [0.2, 0.25) is 5.91 Å². The molecule has 0 radical (unpaired) electrons. The molecule has 7 nitrogen and oxygen atoms in total. The Morgan fingerprint density at radius 3 is 2.02 bits per heavy atom. The van der Waals surface area contributed by atoms with E-state index in [1.165, 1.54) is 0 Å². The molecule has 3 amide bonds. The highest BCUT2D eigenvalue weighted by Crippen LogP contribution is 2.29. The standard InChI is InChI=1S/C34H43N3O4/c1-22(2)37(32(39)28(21-26-17-10-9-11-18-26)35-33(40)41-34(6,7)8)30(27-19-12-14-23(3)20-27)31(38)36-29-24(4)15-13-16-25(29)5/h9-20,22,28,30H,21H2,1-8H3,(H,35,40)(H,36,38). The van der Waals surface area contributed by atoms with Crippen molar-refractivity contribution in [2.45, 2.75) is 85.5 Å². The second kappa shape index (κ2) is 13.5. The first-order chi connectivity index (χ1) is 19.3. The van der Waals surface area contributed by atoms with Gasteiger partial charge in [0, 0.05) is 18.2 Å². The van der Waals surface area contributed by atoms with Crippen molar-refractivity contribution in [1.29, 1.82) is 0 Å². The summed E-state index contributed by atoms with van der Waals surface area (Å²) in [6, 6.07) is 20.6. The van der Waals surface area contributed by atoms with Crippen molar-refractivity contribution < 1.29 is 19.1 Å². The molecule has 0 aliphatic heterocycles. The number of nitrogens with one attached hydrogen (secondary N) is 2. The lowest BCUT2D eigenvalue weighted by atomic mass is 9.97. The molecule has 3 rings (SSSR count). The van der Waals surface area contributed by atoms with Gasteiger partial charge in [-0.15, -0.1) is 0 Å². The maximum absolute atomic E-state index is 14.5. The normalized spacial score (nSPS) is 12.8. The van der Waals surface area contributed by atoms with Crippen molar-refractivity contribution >= 4 is 23.6 Å². The van der Waals surface area contributed by atoms with Gasteiger partial charge in [0.05, 0.1) is 0 Å². The average Bonchev–Trinajstić information content (AvgIpc) is 2.88. The van der Waals surface area contributed by atoms with E-state index < -0.39 is 23.8 Å². The Kier molecular flexibility index (Phi) is 10.3. The molecule has 2 unspecified atom stereocenters. The molecule has 0 aliphatic rings. The molecule has 218 valence electrons. The molecular weight excluding hydrogens is 514 g/mol. The Morgan fingerprint density at radius 1 is 0.854 bits per heavy atom. The molecule has 41 heavy (non-hydrogen) atoms. The largest absolute Gasteiger partial charge is 0.444 e. The zero-order valence-electron chi connectivity index (χ0n) is 25.4. The van der Waals surface area contributed by atoms with E-state index in [1.807, 2.05) is 107 Å². The topological polar surface area (TPSA) is 87.7 Å². The number of rotatable bonds is 9. The van der Waals surface area contributed by atoms with Crippen LogP contribution in [0.3, 0.4) is 0 Å². The number of nitrogens with zero attached hydrogens (tertiary/aromatic N) is 1. The van der Waals surface area contributed by atoms with E-state index in [9.17, 15) is 14.4 Å². The van der Waals surface area contributed by atoms with Crippen molar-refractivity contribution in [1.82, 2.24) is 10.2 Å². The van der Waals surface area contributed by atoms with Crippen molar-refractivity contribution in [2.75, 3.05) is 5.32 Å². The van der Waals surface area contributed by atoms with Gasteiger partial charge in [-0.05, 0) is 77.6 Å². The smallest absolute Gasteiger partial charge is 0.408 e. The van der Waals surface area contributed by atoms with Gasteiger partial charge < -0.3 is 20.3 Å². The van der Waals surface area contributed by atoms with E-state index in [0.717, 1.165) is 27.9 Å². The lowest BCUT2D eigenvalue weighted by Gasteiger charge is -2.37. The number of benzene rings is 3. The monoisotopic (exact) mass is 557 g/mol. The average molecular weight is 558 g/mol. The van der Waals surface area contributed by atoms with Crippen LogP contribution in [-0.2, 0) is 20.7 Å². The van der Waals surface area contributed by atoms with Crippen LogP contribution in [0, 0.1) is 20.8 Å². The molecule has 0 saturated carbocycles. The molecule has 0 spiro atoms. The molecule has 2 N–H and O–H groups in total. The fourth-order valence-electron chi connectivity index (χ4n) is 4.84. The number of anilines is 1. The van der Waals surface area contributed by atoms with E-state index in [1.54, 1.807) is 25.7 Å². The first-order valence-electron chi connectivity index (χ1n) is 14.1. The van der Waals surface area contributed by atoms with Crippen LogP contribution < -0.4 is 10.6 Å². The van der Waals surface area contributed by atoms with Gasteiger partial charge in [0.15, 0.2) is 0 Å². The quantitative estimate of drug-likeness (QED) is 0.308. The van der Waals surface area contributed by atoms with Crippen LogP contribution in [0.4, 0.5) is 10.5 Å². The summed E-state index contributed by atoms with van der Waals surface area (Å²) in [4.78, 5) is 43.1. The van der Waals surface area contributed by atoms with Gasteiger partial charge in [-0.2, -0.15) is 0 Å². The van der Waals surface area contributed by atoms with Crippen molar-refractivity contribution in [3.8, 4) is 0 Å². The number of carbonyl (C=O) groups is 3. The predicted octanol–water partition coefficient (Wildman–Crippen LogP) is 6.66. The number of ether oxygens (including phenoxy) is 1. The second-order valence-electron chi connectivity index (χ2n) is 11.8. The van der Waals surface area contributed by atoms with Crippen molar-refractivity contribution in [3.05, 3.63) is 101 Å². The minimum atomic E-state index is -0.963. The summed E-state index contributed by atoms with van der Waals surface area (Å²) >= 11 is 0. The summed E-state index contributed by atoms with van der Waals surface area (Å²) in [7, 11) is 0. The highest BCUT2D eigenvalue weighted by Gasteiger charge is 2.38. The van der Waals surface area contributed by atoms with Crippen molar-refractivity contribution in [3.63, 3.8) is 0 Å². The second-order valence-corrected chi connectivity index (χ2v) is 11.8. The molecule has 0 aliphatic carbocycles. The van der Waals surface area contributed by atoms with Gasteiger partial charge in [0.1, 0.15) is 17.7 Å². The molecule has 3 aromatic rings. The minimum absolute atomic E-state index is 0.237. The highest BCUT2D eigenvalue weighted by molar-refractivity contribution is 6.00. The first-order valence-corrected chi connectivity index (χ1v) is 14.1. The SMILES string of the molecule is Cc1cccc(C(C(=O)Nc2c(C)cccc2C)N(C(=O)C(Cc2ccccc2)NC(=O)OC(C)(C)C)C(C)C)c1. The third-order valence-corrected chi connectivity index (χ3v) is 6.70.